The van der Waals surface area contributed by atoms with Gasteiger partial charge in [-0.2, -0.15) is 0 Å². The lowest BCUT2D eigenvalue weighted by atomic mass is 10.2. The number of benzene rings is 2. The van der Waals surface area contributed by atoms with Crippen LogP contribution in [-0.2, 0) is 23.6 Å². The van der Waals surface area contributed by atoms with Crippen molar-refractivity contribution in [2.24, 2.45) is 7.05 Å². The van der Waals surface area contributed by atoms with Crippen LogP contribution in [0.1, 0.15) is 28.9 Å². The minimum atomic E-state index is -3.46. The molecule has 0 unspecified atom stereocenters. The van der Waals surface area contributed by atoms with Gasteiger partial charge < -0.3 is 9.88 Å². The van der Waals surface area contributed by atoms with Crippen LogP contribution in [0.15, 0.2) is 53.4 Å². The third kappa shape index (κ3) is 3.92. The first kappa shape index (κ1) is 19.0. The Balaban J connectivity index is 1.44. The third-order valence-corrected chi connectivity index (χ3v) is 6.60. The van der Waals surface area contributed by atoms with Crippen LogP contribution in [0.2, 0.25) is 5.02 Å². The van der Waals surface area contributed by atoms with Gasteiger partial charge in [0, 0.05) is 35.6 Å². The van der Waals surface area contributed by atoms with E-state index in [-0.39, 0.29) is 16.8 Å². The Kier molecular flexibility index (Phi) is 4.91. The van der Waals surface area contributed by atoms with Gasteiger partial charge >= 0.3 is 0 Å². The van der Waals surface area contributed by atoms with E-state index in [1.807, 2.05) is 25.2 Å². The van der Waals surface area contributed by atoms with Gasteiger partial charge in [-0.3, -0.25) is 4.79 Å². The molecule has 1 heterocycles. The molecule has 0 aliphatic heterocycles. The Morgan fingerprint density at radius 3 is 2.54 bits per heavy atom. The minimum absolute atomic E-state index is 0.0691. The van der Waals surface area contributed by atoms with E-state index in [1.54, 1.807) is 34.9 Å². The fourth-order valence-electron chi connectivity index (χ4n) is 3.07. The van der Waals surface area contributed by atoms with Crippen molar-refractivity contribution < 1.29 is 13.2 Å². The van der Waals surface area contributed by atoms with Crippen molar-refractivity contribution in [2.45, 2.75) is 30.3 Å². The fourth-order valence-corrected chi connectivity index (χ4v) is 4.54. The van der Waals surface area contributed by atoms with E-state index in [0.717, 1.165) is 29.3 Å². The van der Waals surface area contributed by atoms with Crippen LogP contribution in [-0.4, -0.2) is 24.9 Å². The van der Waals surface area contributed by atoms with Crippen molar-refractivity contribution in [1.29, 1.82) is 0 Å². The van der Waals surface area contributed by atoms with Crippen LogP contribution in [0.25, 0.3) is 10.9 Å². The summed E-state index contributed by atoms with van der Waals surface area (Å²) >= 11 is 6.04. The molecule has 1 fully saturated rings. The minimum Gasteiger partial charge on any atom is -0.347 e. The summed E-state index contributed by atoms with van der Waals surface area (Å²) < 4.78 is 28.8. The summed E-state index contributed by atoms with van der Waals surface area (Å²) in [5.41, 5.74) is 2.24. The van der Waals surface area contributed by atoms with Crippen molar-refractivity contribution in [3.8, 4) is 0 Å². The molecular weight excluding hydrogens is 398 g/mol. The summed E-state index contributed by atoms with van der Waals surface area (Å²) in [5, 5.41) is 4.43. The Labute approximate surface area is 168 Å². The summed E-state index contributed by atoms with van der Waals surface area (Å²) in [4.78, 5) is 12.8. The van der Waals surface area contributed by atoms with Gasteiger partial charge in [-0.05, 0) is 48.7 Å². The molecule has 1 amide bonds. The van der Waals surface area contributed by atoms with Gasteiger partial charge in [0.1, 0.15) is 5.69 Å². The van der Waals surface area contributed by atoms with Gasteiger partial charge in [-0.15, -0.1) is 0 Å². The molecule has 0 saturated heterocycles. The SMILES string of the molecule is Cn1c(C(=O)NCc2ccc(S(=O)(=O)NC3CC3)cc2)cc2ccc(Cl)cc21. The molecule has 1 saturated carbocycles. The molecule has 1 aliphatic carbocycles. The van der Waals surface area contributed by atoms with Gasteiger partial charge in [0.15, 0.2) is 0 Å². The molecule has 6 nitrogen and oxygen atoms in total. The summed E-state index contributed by atoms with van der Waals surface area (Å²) in [6.07, 6.45) is 1.79. The molecule has 0 bridgehead atoms. The van der Waals surface area contributed by atoms with Crippen LogP contribution < -0.4 is 10.0 Å². The number of carbonyl (C=O) groups excluding carboxylic acids is 1. The lowest BCUT2D eigenvalue weighted by molar-refractivity contribution is 0.0943. The highest BCUT2D eigenvalue weighted by Crippen LogP contribution is 2.23. The molecule has 146 valence electrons. The second kappa shape index (κ2) is 7.24. The van der Waals surface area contributed by atoms with E-state index in [4.69, 9.17) is 11.6 Å². The first-order chi connectivity index (χ1) is 13.3. The van der Waals surface area contributed by atoms with Crippen LogP contribution in [0.5, 0.6) is 0 Å². The Morgan fingerprint density at radius 2 is 1.86 bits per heavy atom. The molecule has 8 heteroatoms. The average molecular weight is 418 g/mol. The zero-order valence-corrected chi connectivity index (χ0v) is 16.8. The Bertz CT molecular complexity index is 1150. The molecule has 28 heavy (non-hydrogen) atoms. The highest BCUT2D eigenvalue weighted by Gasteiger charge is 2.27. The molecule has 0 spiro atoms. The average Bonchev–Trinajstić information content (AvgIpc) is 3.42. The van der Waals surface area contributed by atoms with Crippen LogP contribution in [0, 0.1) is 0 Å². The maximum Gasteiger partial charge on any atom is 0.268 e. The number of halogens is 1. The van der Waals surface area contributed by atoms with Gasteiger partial charge in [0.25, 0.3) is 5.91 Å². The first-order valence-corrected chi connectivity index (χ1v) is 10.8. The van der Waals surface area contributed by atoms with E-state index >= 15 is 0 Å². The van der Waals surface area contributed by atoms with Gasteiger partial charge in [-0.25, -0.2) is 13.1 Å². The standard InChI is InChI=1S/C20H20ClN3O3S/c1-24-18-11-15(21)5-4-14(18)10-19(24)20(25)22-12-13-2-8-17(9-3-13)28(26,27)23-16-6-7-16/h2-5,8-11,16,23H,6-7,12H2,1H3,(H,22,25). The zero-order valence-electron chi connectivity index (χ0n) is 15.3. The fraction of sp³-hybridized carbons (Fsp3) is 0.250. The third-order valence-electron chi connectivity index (χ3n) is 4.83. The van der Waals surface area contributed by atoms with Gasteiger partial charge in [-0.1, -0.05) is 29.8 Å². The van der Waals surface area contributed by atoms with E-state index < -0.39 is 10.0 Å². The number of sulfonamides is 1. The maximum atomic E-state index is 12.6. The smallest absolute Gasteiger partial charge is 0.268 e. The molecule has 4 rings (SSSR count). The number of rotatable bonds is 6. The predicted molar refractivity (Wildman–Crippen MR) is 109 cm³/mol. The largest absolute Gasteiger partial charge is 0.347 e. The van der Waals surface area contributed by atoms with Crippen molar-refractivity contribution >= 4 is 38.4 Å². The lowest BCUT2D eigenvalue weighted by Gasteiger charge is -2.09. The summed E-state index contributed by atoms with van der Waals surface area (Å²) in [5.74, 6) is -0.207. The number of carbonyl (C=O) groups is 1. The number of hydrogen-bond acceptors (Lipinski definition) is 3. The van der Waals surface area contributed by atoms with E-state index in [2.05, 4.69) is 10.0 Å². The number of nitrogens with one attached hydrogen (secondary N) is 2. The summed E-state index contributed by atoms with van der Waals surface area (Å²) in [7, 11) is -1.64. The lowest BCUT2D eigenvalue weighted by Crippen LogP contribution is -2.26. The van der Waals surface area contributed by atoms with E-state index in [0.29, 0.717) is 17.3 Å². The molecule has 1 aliphatic rings. The number of aromatic nitrogens is 1. The highest BCUT2D eigenvalue weighted by molar-refractivity contribution is 7.89. The Morgan fingerprint density at radius 1 is 1.14 bits per heavy atom. The number of aryl methyl sites for hydroxylation is 1. The molecule has 2 N–H and O–H groups in total. The molecule has 3 aromatic rings. The summed E-state index contributed by atoms with van der Waals surface area (Å²) in [6.45, 7) is 0.303. The molecule has 0 atom stereocenters. The molecular formula is C20H20ClN3O3S. The number of amides is 1. The monoisotopic (exact) mass is 417 g/mol. The zero-order chi connectivity index (χ0) is 19.9. The first-order valence-electron chi connectivity index (χ1n) is 8.98. The predicted octanol–water partition coefficient (Wildman–Crippen LogP) is 3.20. The second-order valence-electron chi connectivity index (χ2n) is 7.01. The molecule has 1 aromatic heterocycles. The highest BCUT2D eigenvalue weighted by atomic mass is 35.5. The molecule has 0 radical (unpaired) electrons. The number of nitrogens with zero attached hydrogens (tertiary/aromatic N) is 1. The normalized spacial score (nSPS) is 14.4. The van der Waals surface area contributed by atoms with Crippen molar-refractivity contribution in [2.75, 3.05) is 0 Å². The van der Waals surface area contributed by atoms with Crippen molar-refractivity contribution in [1.82, 2.24) is 14.6 Å². The van der Waals surface area contributed by atoms with Crippen LogP contribution >= 0.6 is 11.6 Å². The van der Waals surface area contributed by atoms with Crippen LogP contribution in [0.4, 0.5) is 0 Å². The van der Waals surface area contributed by atoms with Crippen molar-refractivity contribution in [3.05, 3.63) is 64.8 Å². The number of hydrogen-bond donors (Lipinski definition) is 2. The number of fused-ring (bicyclic) bond motifs is 1. The van der Waals surface area contributed by atoms with E-state index in [1.165, 1.54) is 0 Å². The van der Waals surface area contributed by atoms with Gasteiger partial charge in [0.05, 0.1) is 4.90 Å². The summed E-state index contributed by atoms with van der Waals surface area (Å²) in [6, 6.07) is 13.9. The topological polar surface area (TPSA) is 80.2 Å². The quantitative estimate of drug-likeness (QED) is 0.646. The van der Waals surface area contributed by atoms with Crippen molar-refractivity contribution in [3.63, 3.8) is 0 Å². The Hall–Kier alpha value is -2.35. The van der Waals surface area contributed by atoms with E-state index in [9.17, 15) is 13.2 Å². The second-order valence-corrected chi connectivity index (χ2v) is 9.16. The molecule has 2 aromatic carbocycles. The maximum absolute atomic E-state index is 12.6. The van der Waals surface area contributed by atoms with Gasteiger partial charge in [0.2, 0.25) is 10.0 Å². The van der Waals surface area contributed by atoms with Crippen LogP contribution in [0.3, 0.4) is 0 Å².